The Morgan fingerprint density at radius 1 is 1.00 bits per heavy atom. The molecule has 0 bridgehead atoms. The van der Waals surface area contributed by atoms with Crippen molar-refractivity contribution in [2.45, 2.75) is 0 Å². The molecule has 4 heteroatoms. The number of hydrogen-bond acceptors (Lipinski definition) is 2. The van der Waals surface area contributed by atoms with Crippen molar-refractivity contribution in [2.24, 2.45) is 0 Å². The predicted molar refractivity (Wildman–Crippen MR) is 77.5 cm³/mol. The summed E-state index contributed by atoms with van der Waals surface area (Å²) in [4.78, 5) is 0. The summed E-state index contributed by atoms with van der Waals surface area (Å²) in [6.07, 6.45) is 1.49. The molecule has 0 saturated carbocycles. The van der Waals surface area contributed by atoms with Crippen molar-refractivity contribution in [1.82, 2.24) is 4.57 Å². The van der Waals surface area contributed by atoms with Gasteiger partial charge in [0.1, 0.15) is 17.4 Å². The first kappa shape index (κ1) is 12.9. The number of rotatable bonds is 2. The standard InChI is InChI=1S/C17H11FN2O/c18-13-8-6-12(7-9-13)17-15(10-19)16(21)11-20(17)14-4-2-1-3-5-14/h1-9,11,21H. The van der Waals surface area contributed by atoms with Crippen molar-refractivity contribution in [1.29, 1.82) is 5.26 Å². The van der Waals surface area contributed by atoms with E-state index in [0.29, 0.717) is 11.3 Å². The van der Waals surface area contributed by atoms with E-state index in [9.17, 15) is 14.8 Å². The monoisotopic (exact) mass is 278 g/mol. The number of aromatic hydroxyl groups is 1. The smallest absolute Gasteiger partial charge is 0.152 e. The molecule has 3 aromatic rings. The van der Waals surface area contributed by atoms with Gasteiger partial charge in [-0.05, 0) is 36.4 Å². The van der Waals surface area contributed by atoms with Crippen molar-refractivity contribution in [2.75, 3.05) is 0 Å². The molecule has 0 aliphatic carbocycles. The van der Waals surface area contributed by atoms with Crippen LogP contribution in [0.25, 0.3) is 16.9 Å². The van der Waals surface area contributed by atoms with Gasteiger partial charge in [0.25, 0.3) is 0 Å². The Labute approximate surface area is 121 Å². The van der Waals surface area contributed by atoms with Gasteiger partial charge >= 0.3 is 0 Å². The summed E-state index contributed by atoms with van der Waals surface area (Å²) < 4.78 is 14.8. The maximum Gasteiger partial charge on any atom is 0.152 e. The van der Waals surface area contributed by atoms with Crippen LogP contribution in [0.15, 0.2) is 60.8 Å². The van der Waals surface area contributed by atoms with E-state index in [-0.39, 0.29) is 17.1 Å². The molecule has 3 rings (SSSR count). The van der Waals surface area contributed by atoms with Gasteiger partial charge < -0.3 is 9.67 Å². The van der Waals surface area contributed by atoms with Crippen molar-refractivity contribution in [3.8, 4) is 28.8 Å². The SMILES string of the molecule is N#Cc1c(O)cn(-c2ccccc2)c1-c1ccc(F)cc1. The zero-order valence-electron chi connectivity index (χ0n) is 11.0. The largest absolute Gasteiger partial charge is 0.505 e. The average molecular weight is 278 g/mol. The van der Waals surface area contributed by atoms with Crippen LogP contribution < -0.4 is 0 Å². The van der Waals surface area contributed by atoms with Crippen molar-refractivity contribution in [3.63, 3.8) is 0 Å². The second kappa shape index (κ2) is 5.14. The molecule has 0 aliphatic heterocycles. The minimum atomic E-state index is -0.348. The maximum absolute atomic E-state index is 13.1. The van der Waals surface area contributed by atoms with E-state index in [0.717, 1.165) is 5.69 Å². The molecule has 21 heavy (non-hydrogen) atoms. The number of para-hydroxylation sites is 1. The summed E-state index contributed by atoms with van der Waals surface area (Å²) in [5.74, 6) is -0.444. The lowest BCUT2D eigenvalue weighted by molar-refractivity contribution is 0.474. The third-order valence-corrected chi connectivity index (χ3v) is 3.25. The summed E-state index contributed by atoms with van der Waals surface area (Å²) in [6, 6.07) is 17.2. The van der Waals surface area contributed by atoms with E-state index in [2.05, 4.69) is 0 Å². The van der Waals surface area contributed by atoms with Gasteiger partial charge in [-0.2, -0.15) is 5.26 Å². The van der Waals surface area contributed by atoms with Crippen LogP contribution in [0.5, 0.6) is 5.75 Å². The third kappa shape index (κ3) is 2.26. The first-order valence-electron chi connectivity index (χ1n) is 6.36. The number of nitriles is 1. The van der Waals surface area contributed by atoms with Crippen LogP contribution in [0.3, 0.4) is 0 Å². The Balaban J connectivity index is 2.27. The number of nitrogens with zero attached hydrogens (tertiary/aromatic N) is 2. The van der Waals surface area contributed by atoms with Crippen LogP contribution in [-0.2, 0) is 0 Å². The van der Waals surface area contributed by atoms with Gasteiger partial charge in [-0.25, -0.2) is 4.39 Å². The summed E-state index contributed by atoms with van der Waals surface area (Å²) in [6.45, 7) is 0. The molecule has 0 amide bonds. The van der Waals surface area contributed by atoms with Crippen LogP contribution in [-0.4, -0.2) is 9.67 Å². The molecule has 0 aliphatic rings. The molecule has 1 N–H and O–H groups in total. The van der Waals surface area contributed by atoms with Crippen LogP contribution in [0.1, 0.15) is 5.56 Å². The Hall–Kier alpha value is -3.06. The van der Waals surface area contributed by atoms with Crippen molar-refractivity contribution >= 4 is 0 Å². The Bertz CT molecular complexity index is 814. The van der Waals surface area contributed by atoms with E-state index in [1.807, 2.05) is 36.4 Å². The Kier molecular flexibility index (Phi) is 3.17. The highest BCUT2D eigenvalue weighted by atomic mass is 19.1. The van der Waals surface area contributed by atoms with Gasteiger partial charge in [0.2, 0.25) is 0 Å². The lowest BCUT2D eigenvalue weighted by Gasteiger charge is -2.09. The molecular formula is C17H11FN2O. The fourth-order valence-electron chi connectivity index (χ4n) is 2.29. The Morgan fingerprint density at radius 3 is 2.29 bits per heavy atom. The van der Waals surface area contributed by atoms with E-state index in [1.54, 1.807) is 16.7 Å². The zero-order valence-corrected chi connectivity index (χ0v) is 11.0. The summed E-state index contributed by atoms with van der Waals surface area (Å²) in [5.41, 5.74) is 2.19. The second-order valence-electron chi connectivity index (χ2n) is 4.56. The average Bonchev–Trinajstić information content (AvgIpc) is 2.85. The molecule has 0 atom stereocenters. The second-order valence-corrected chi connectivity index (χ2v) is 4.56. The molecule has 102 valence electrons. The summed E-state index contributed by atoms with van der Waals surface area (Å²) in [7, 11) is 0. The molecule has 0 saturated heterocycles. The highest BCUT2D eigenvalue weighted by Gasteiger charge is 2.17. The number of halogens is 1. The first-order chi connectivity index (χ1) is 10.2. The third-order valence-electron chi connectivity index (χ3n) is 3.25. The lowest BCUT2D eigenvalue weighted by Crippen LogP contribution is -1.96. The van der Waals surface area contributed by atoms with Gasteiger partial charge in [0.05, 0.1) is 11.9 Å². The highest BCUT2D eigenvalue weighted by Crippen LogP contribution is 2.34. The fourth-order valence-corrected chi connectivity index (χ4v) is 2.29. The van der Waals surface area contributed by atoms with Gasteiger partial charge in [-0.1, -0.05) is 18.2 Å². The first-order valence-corrected chi connectivity index (χ1v) is 6.36. The minimum absolute atomic E-state index is 0.0966. The van der Waals surface area contributed by atoms with Gasteiger partial charge in [0.15, 0.2) is 5.75 Å². The van der Waals surface area contributed by atoms with Crippen LogP contribution in [0.4, 0.5) is 4.39 Å². The molecule has 1 aromatic heterocycles. The van der Waals surface area contributed by atoms with Crippen LogP contribution in [0.2, 0.25) is 0 Å². The fraction of sp³-hybridized carbons (Fsp3) is 0. The minimum Gasteiger partial charge on any atom is -0.505 e. The molecule has 3 nitrogen and oxygen atoms in total. The van der Waals surface area contributed by atoms with Gasteiger partial charge in [-0.15, -0.1) is 0 Å². The van der Waals surface area contributed by atoms with E-state index >= 15 is 0 Å². The molecule has 0 unspecified atom stereocenters. The van der Waals surface area contributed by atoms with Crippen molar-refractivity contribution in [3.05, 3.63) is 72.2 Å². The van der Waals surface area contributed by atoms with E-state index in [4.69, 9.17) is 0 Å². The van der Waals surface area contributed by atoms with Crippen LogP contribution >= 0.6 is 0 Å². The maximum atomic E-state index is 13.1. The summed E-state index contributed by atoms with van der Waals surface area (Å²) >= 11 is 0. The van der Waals surface area contributed by atoms with E-state index < -0.39 is 0 Å². The number of aromatic nitrogens is 1. The quantitative estimate of drug-likeness (QED) is 0.773. The normalized spacial score (nSPS) is 10.3. The molecule has 0 radical (unpaired) electrons. The number of benzene rings is 2. The van der Waals surface area contributed by atoms with Crippen molar-refractivity contribution < 1.29 is 9.50 Å². The Morgan fingerprint density at radius 2 is 1.67 bits per heavy atom. The molecular weight excluding hydrogens is 267 g/mol. The highest BCUT2D eigenvalue weighted by molar-refractivity contribution is 5.73. The van der Waals surface area contributed by atoms with Crippen LogP contribution in [0, 0.1) is 17.1 Å². The molecule has 2 aromatic carbocycles. The van der Waals surface area contributed by atoms with Gasteiger partial charge in [-0.3, -0.25) is 0 Å². The summed E-state index contributed by atoms with van der Waals surface area (Å²) in [5, 5.41) is 19.3. The zero-order chi connectivity index (χ0) is 14.8. The number of hydrogen-bond donors (Lipinski definition) is 1. The lowest BCUT2D eigenvalue weighted by atomic mass is 10.1. The van der Waals surface area contributed by atoms with Gasteiger partial charge in [0, 0.05) is 11.3 Å². The van der Waals surface area contributed by atoms with E-state index in [1.165, 1.54) is 18.3 Å². The molecule has 0 spiro atoms. The molecule has 0 fully saturated rings. The topological polar surface area (TPSA) is 48.9 Å². The molecule has 1 heterocycles. The predicted octanol–water partition coefficient (Wildman–Crippen LogP) is 3.86.